The van der Waals surface area contributed by atoms with Crippen molar-refractivity contribution in [1.82, 2.24) is 9.38 Å². The highest BCUT2D eigenvalue weighted by molar-refractivity contribution is 6.00. The van der Waals surface area contributed by atoms with Crippen LogP contribution in [-0.4, -0.2) is 33.5 Å². The van der Waals surface area contributed by atoms with Crippen LogP contribution in [0.5, 0.6) is 0 Å². The number of fused-ring (bicyclic) bond motifs is 1. The lowest BCUT2D eigenvalue weighted by molar-refractivity contribution is -0.166. The van der Waals surface area contributed by atoms with Gasteiger partial charge >= 0.3 is 0 Å². The normalized spacial score (nSPS) is 23.0. The van der Waals surface area contributed by atoms with Crippen molar-refractivity contribution in [1.29, 1.82) is 0 Å². The van der Waals surface area contributed by atoms with Gasteiger partial charge in [0.25, 0.3) is 0 Å². The third-order valence-corrected chi connectivity index (χ3v) is 6.35. The number of nitrogens with two attached hydrogens (primary N) is 1. The summed E-state index contributed by atoms with van der Waals surface area (Å²) in [6.45, 7) is 8.61. The number of ether oxygens (including phenoxy) is 1. The van der Waals surface area contributed by atoms with Crippen molar-refractivity contribution in [2.45, 2.75) is 45.8 Å². The van der Waals surface area contributed by atoms with Gasteiger partial charge in [0.15, 0.2) is 0 Å². The maximum Gasteiger partial charge on any atom is 0.245 e. The van der Waals surface area contributed by atoms with E-state index in [1.54, 1.807) is 0 Å². The van der Waals surface area contributed by atoms with Crippen molar-refractivity contribution in [3.05, 3.63) is 54.4 Å². The molecular formula is C23H28N4O2. The second kappa shape index (κ2) is 6.97. The summed E-state index contributed by atoms with van der Waals surface area (Å²) in [5.74, 6) is -0.172. The summed E-state index contributed by atoms with van der Waals surface area (Å²) in [7, 11) is 0. The van der Waals surface area contributed by atoms with Crippen LogP contribution in [0.15, 0.2) is 48.8 Å². The summed E-state index contributed by atoms with van der Waals surface area (Å²) in [6, 6.07) is 11.8. The van der Waals surface area contributed by atoms with E-state index in [1.165, 1.54) is 0 Å². The highest BCUT2D eigenvalue weighted by atomic mass is 16.5. The first-order valence-electron chi connectivity index (χ1n) is 10.0. The van der Waals surface area contributed by atoms with E-state index in [2.05, 4.69) is 5.32 Å². The monoisotopic (exact) mass is 392 g/mol. The summed E-state index contributed by atoms with van der Waals surface area (Å²) in [6.07, 6.45) is 4.53. The number of anilines is 1. The first-order chi connectivity index (χ1) is 13.8. The molecule has 2 aromatic heterocycles. The number of carbonyl (C=O) groups excluding carboxylic acids is 1. The molecule has 3 aromatic rings. The predicted molar refractivity (Wildman–Crippen MR) is 115 cm³/mol. The molecule has 0 radical (unpaired) electrons. The Morgan fingerprint density at radius 1 is 1.31 bits per heavy atom. The van der Waals surface area contributed by atoms with Gasteiger partial charge in [-0.1, -0.05) is 32.0 Å². The SMILES string of the molecule is CCOC1CC(N)(C(=O)Nc2ccc(-c3cn4cccc(C)c4n3)cc2)C1(C)C. The molecule has 2 heterocycles. The lowest BCUT2D eigenvalue weighted by atomic mass is 9.54. The second-order valence-electron chi connectivity index (χ2n) is 8.42. The number of pyridine rings is 1. The number of aryl methyl sites for hydroxylation is 1. The molecule has 29 heavy (non-hydrogen) atoms. The van der Waals surface area contributed by atoms with Gasteiger partial charge < -0.3 is 20.2 Å². The zero-order valence-corrected chi connectivity index (χ0v) is 17.4. The number of aromatic nitrogens is 2. The van der Waals surface area contributed by atoms with Crippen LogP contribution in [0.1, 0.15) is 32.8 Å². The van der Waals surface area contributed by atoms with Crippen molar-refractivity contribution in [2.75, 3.05) is 11.9 Å². The number of imidazole rings is 1. The number of rotatable bonds is 5. The number of nitrogens with zero attached hydrogens (tertiary/aromatic N) is 2. The molecular weight excluding hydrogens is 364 g/mol. The van der Waals surface area contributed by atoms with Crippen LogP contribution in [0.3, 0.4) is 0 Å². The fourth-order valence-electron chi connectivity index (χ4n) is 4.08. The summed E-state index contributed by atoms with van der Waals surface area (Å²) in [5.41, 5.74) is 9.80. The third-order valence-electron chi connectivity index (χ3n) is 6.35. The molecule has 2 unspecified atom stereocenters. The Bertz CT molecular complexity index is 1050. The Morgan fingerprint density at radius 2 is 2.03 bits per heavy atom. The lowest BCUT2D eigenvalue weighted by Crippen LogP contribution is -2.74. The van der Waals surface area contributed by atoms with Gasteiger partial charge in [-0.05, 0) is 37.6 Å². The molecule has 0 bridgehead atoms. The van der Waals surface area contributed by atoms with E-state index < -0.39 is 11.0 Å². The summed E-state index contributed by atoms with van der Waals surface area (Å²) in [5, 5.41) is 2.97. The minimum atomic E-state index is -0.940. The first kappa shape index (κ1) is 19.6. The molecule has 3 N–H and O–H groups in total. The molecule has 1 saturated carbocycles. The lowest BCUT2D eigenvalue weighted by Gasteiger charge is -2.57. The first-order valence-corrected chi connectivity index (χ1v) is 10.0. The van der Waals surface area contributed by atoms with Gasteiger partial charge in [-0.15, -0.1) is 0 Å². The number of nitrogens with one attached hydrogen (secondary N) is 1. The van der Waals surface area contributed by atoms with E-state index in [1.807, 2.05) is 80.9 Å². The Balaban J connectivity index is 1.50. The van der Waals surface area contributed by atoms with Gasteiger partial charge in [0.1, 0.15) is 11.2 Å². The Labute approximate surface area is 171 Å². The molecule has 2 atom stereocenters. The van der Waals surface area contributed by atoms with E-state index in [0.717, 1.165) is 28.2 Å². The number of hydrogen-bond donors (Lipinski definition) is 2. The standard InChI is InChI=1S/C23H28N4O2/c1-5-29-19-13-23(24,22(19,3)4)21(28)25-17-10-8-16(9-11-17)18-14-27-12-6-7-15(2)20(27)26-18/h6-12,14,19H,5,13,24H2,1-4H3,(H,25,28). The van der Waals surface area contributed by atoms with E-state index in [4.69, 9.17) is 15.5 Å². The van der Waals surface area contributed by atoms with Crippen LogP contribution in [0.25, 0.3) is 16.9 Å². The molecule has 4 rings (SSSR count). The van der Waals surface area contributed by atoms with Crippen LogP contribution < -0.4 is 11.1 Å². The third kappa shape index (κ3) is 3.12. The van der Waals surface area contributed by atoms with Crippen LogP contribution in [-0.2, 0) is 9.53 Å². The number of benzene rings is 1. The quantitative estimate of drug-likeness (QED) is 0.692. The van der Waals surface area contributed by atoms with Crippen LogP contribution >= 0.6 is 0 Å². The molecule has 0 spiro atoms. The Hall–Kier alpha value is -2.70. The van der Waals surface area contributed by atoms with E-state index in [-0.39, 0.29) is 12.0 Å². The van der Waals surface area contributed by atoms with Crippen molar-refractivity contribution in [3.8, 4) is 11.3 Å². The smallest absolute Gasteiger partial charge is 0.245 e. The molecule has 1 aliphatic rings. The number of carbonyl (C=O) groups is 1. The average molecular weight is 393 g/mol. The molecule has 1 fully saturated rings. The minimum Gasteiger partial charge on any atom is -0.378 e. The van der Waals surface area contributed by atoms with Crippen molar-refractivity contribution in [3.63, 3.8) is 0 Å². The fourth-order valence-corrected chi connectivity index (χ4v) is 4.08. The summed E-state index contributed by atoms with van der Waals surface area (Å²) >= 11 is 0. The predicted octanol–water partition coefficient (Wildman–Crippen LogP) is 3.78. The molecule has 6 heteroatoms. The van der Waals surface area contributed by atoms with Gasteiger partial charge in [-0.2, -0.15) is 0 Å². The van der Waals surface area contributed by atoms with Gasteiger partial charge in [-0.25, -0.2) is 4.98 Å². The maximum atomic E-state index is 12.9. The molecule has 0 saturated heterocycles. The Kier molecular flexibility index (Phi) is 4.71. The van der Waals surface area contributed by atoms with Gasteiger partial charge in [0.2, 0.25) is 5.91 Å². The van der Waals surface area contributed by atoms with E-state index in [9.17, 15) is 4.79 Å². The minimum absolute atomic E-state index is 0.00382. The molecule has 152 valence electrons. The highest BCUT2D eigenvalue weighted by Crippen LogP contribution is 2.50. The summed E-state index contributed by atoms with van der Waals surface area (Å²) in [4.78, 5) is 17.6. The molecule has 0 aliphatic heterocycles. The molecule has 1 aromatic carbocycles. The summed E-state index contributed by atoms with van der Waals surface area (Å²) < 4.78 is 7.74. The number of amides is 1. The van der Waals surface area contributed by atoms with Gasteiger partial charge in [-0.3, -0.25) is 4.79 Å². The topological polar surface area (TPSA) is 81.6 Å². The van der Waals surface area contributed by atoms with Crippen LogP contribution in [0.4, 0.5) is 5.69 Å². The molecule has 1 aliphatic carbocycles. The zero-order chi connectivity index (χ0) is 20.8. The van der Waals surface area contributed by atoms with Gasteiger partial charge in [0.05, 0.1) is 11.8 Å². The van der Waals surface area contributed by atoms with E-state index >= 15 is 0 Å². The highest BCUT2D eigenvalue weighted by Gasteiger charge is 2.62. The second-order valence-corrected chi connectivity index (χ2v) is 8.42. The maximum absolute atomic E-state index is 12.9. The van der Waals surface area contributed by atoms with Crippen molar-refractivity contribution in [2.24, 2.45) is 11.1 Å². The van der Waals surface area contributed by atoms with Crippen LogP contribution in [0, 0.1) is 12.3 Å². The van der Waals surface area contributed by atoms with E-state index in [0.29, 0.717) is 13.0 Å². The zero-order valence-electron chi connectivity index (χ0n) is 17.4. The van der Waals surface area contributed by atoms with Gasteiger partial charge in [0, 0.05) is 42.1 Å². The molecule has 6 nitrogen and oxygen atoms in total. The fraction of sp³-hybridized carbons (Fsp3) is 0.391. The van der Waals surface area contributed by atoms with Crippen molar-refractivity contribution < 1.29 is 9.53 Å². The Morgan fingerprint density at radius 3 is 2.66 bits per heavy atom. The average Bonchev–Trinajstić information content (AvgIpc) is 3.14. The molecule has 1 amide bonds. The largest absolute Gasteiger partial charge is 0.378 e. The van der Waals surface area contributed by atoms with Crippen molar-refractivity contribution >= 4 is 17.2 Å². The number of hydrogen-bond acceptors (Lipinski definition) is 4. The van der Waals surface area contributed by atoms with Crippen LogP contribution in [0.2, 0.25) is 0 Å².